The number of anilines is 2. The second kappa shape index (κ2) is 11.1. The molecule has 0 saturated carbocycles. The van der Waals surface area contributed by atoms with E-state index >= 15 is 0 Å². The fraction of sp³-hybridized carbons (Fsp3) is 0.290. The number of allylic oxidation sites excluding steroid dienone is 1. The van der Waals surface area contributed by atoms with E-state index in [4.69, 9.17) is 11.6 Å². The molecule has 3 aromatic rings. The number of ketones is 1. The van der Waals surface area contributed by atoms with Crippen LogP contribution in [0.15, 0.2) is 84.1 Å². The van der Waals surface area contributed by atoms with E-state index in [1.807, 2.05) is 53.4 Å². The third-order valence-electron chi connectivity index (χ3n) is 7.39. The lowest BCUT2D eigenvalue weighted by Gasteiger charge is -2.37. The molecule has 5 rings (SSSR count). The Kier molecular flexibility index (Phi) is 7.63. The lowest BCUT2D eigenvalue weighted by molar-refractivity contribution is -0.384. The molecule has 9 heteroatoms. The van der Waals surface area contributed by atoms with Crippen LogP contribution in [0, 0.1) is 15.5 Å². The number of amides is 1. The van der Waals surface area contributed by atoms with Crippen molar-refractivity contribution in [2.24, 2.45) is 5.41 Å². The maximum Gasteiger partial charge on any atom is 0.269 e. The summed E-state index contributed by atoms with van der Waals surface area (Å²) in [5.41, 5.74) is 4.50. The number of carbonyl (C=O) groups is 2. The number of para-hydroxylation sites is 2. The number of fused-ring (bicyclic) bond motifs is 1. The van der Waals surface area contributed by atoms with Gasteiger partial charge in [-0.15, -0.1) is 0 Å². The van der Waals surface area contributed by atoms with Gasteiger partial charge in [-0.25, -0.2) is 0 Å². The lowest BCUT2D eigenvalue weighted by atomic mass is 9.73. The topological polar surface area (TPSA) is 105 Å². The first-order valence-electron chi connectivity index (χ1n) is 13.3. The van der Waals surface area contributed by atoms with E-state index in [-0.39, 0.29) is 29.3 Å². The van der Waals surface area contributed by atoms with Crippen molar-refractivity contribution in [2.75, 3.05) is 23.3 Å². The van der Waals surface area contributed by atoms with Crippen LogP contribution in [0.2, 0.25) is 5.02 Å². The summed E-state index contributed by atoms with van der Waals surface area (Å²) in [6, 6.07) is 20.8. The van der Waals surface area contributed by atoms with Crippen LogP contribution in [0.5, 0.6) is 0 Å². The summed E-state index contributed by atoms with van der Waals surface area (Å²) < 4.78 is 0. The van der Waals surface area contributed by atoms with Crippen LogP contribution in [-0.4, -0.2) is 29.7 Å². The highest BCUT2D eigenvalue weighted by atomic mass is 35.5. The molecule has 2 N–H and O–H groups in total. The molecular weight excluding hydrogens is 528 g/mol. The first-order chi connectivity index (χ1) is 19.1. The number of nitro benzene ring substituents is 1. The van der Waals surface area contributed by atoms with Crippen LogP contribution in [0.3, 0.4) is 0 Å². The number of Topliss-reactive ketones (excluding diaryl/α,β-unsaturated/α-hetero) is 1. The molecule has 2 aliphatic rings. The Morgan fingerprint density at radius 2 is 1.77 bits per heavy atom. The normalized spacial score (nSPS) is 17.8. The maximum atomic E-state index is 13.7. The molecule has 0 aromatic heterocycles. The Morgan fingerprint density at radius 1 is 1.07 bits per heavy atom. The minimum atomic E-state index is -0.599. The van der Waals surface area contributed by atoms with Gasteiger partial charge in [-0.1, -0.05) is 49.7 Å². The Morgan fingerprint density at radius 3 is 2.48 bits per heavy atom. The zero-order valence-electron chi connectivity index (χ0n) is 22.4. The van der Waals surface area contributed by atoms with Crippen molar-refractivity contribution in [1.29, 1.82) is 0 Å². The zero-order valence-corrected chi connectivity index (χ0v) is 23.2. The molecule has 1 aliphatic heterocycles. The van der Waals surface area contributed by atoms with Crippen LogP contribution in [0.1, 0.15) is 43.9 Å². The molecular formula is C31H31ClN4O4. The first kappa shape index (κ1) is 27.4. The van der Waals surface area contributed by atoms with Crippen LogP contribution in [0.4, 0.5) is 17.1 Å². The van der Waals surface area contributed by atoms with Crippen molar-refractivity contribution < 1.29 is 14.5 Å². The molecule has 0 fully saturated rings. The Bertz CT molecular complexity index is 1480. The molecule has 1 unspecified atom stereocenters. The Hall–Kier alpha value is -4.17. The van der Waals surface area contributed by atoms with E-state index in [9.17, 15) is 19.7 Å². The highest BCUT2D eigenvalue weighted by molar-refractivity contribution is 6.30. The predicted octanol–water partition coefficient (Wildman–Crippen LogP) is 6.22. The van der Waals surface area contributed by atoms with Crippen LogP contribution >= 0.6 is 11.6 Å². The standard InChI is InChI=1S/C31H31ClN4O4/c1-31(2)17-25-29(27(37)18-31)30(21-9-13-23(14-10-21)36(39)40)35(26-6-4-3-5-24(26)34-25)19-28(38)33-16-15-20-7-11-22(32)12-8-20/h3-14,30,34H,15-19H2,1-2H3,(H,33,38). The molecule has 0 spiro atoms. The summed E-state index contributed by atoms with van der Waals surface area (Å²) in [5.74, 6) is -0.189. The Balaban J connectivity index is 1.51. The quantitative estimate of drug-likeness (QED) is 0.263. The minimum Gasteiger partial charge on any atom is -0.357 e. The summed E-state index contributed by atoms with van der Waals surface area (Å²) in [6.07, 6.45) is 1.68. The average Bonchev–Trinajstić information content (AvgIpc) is 3.03. The van der Waals surface area contributed by atoms with Crippen molar-refractivity contribution >= 4 is 40.4 Å². The van der Waals surface area contributed by atoms with Gasteiger partial charge in [0.25, 0.3) is 5.69 Å². The number of halogens is 1. The van der Waals surface area contributed by atoms with Gasteiger partial charge < -0.3 is 15.5 Å². The van der Waals surface area contributed by atoms with Crippen molar-refractivity contribution in [1.82, 2.24) is 5.32 Å². The second-order valence-corrected chi connectivity index (χ2v) is 11.5. The number of hydrogen-bond donors (Lipinski definition) is 2. The molecule has 0 radical (unpaired) electrons. The maximum absolute atomic E-state index is 13.7. The molecule has 206 valence electrons. The number of rotatable bonds is 7. The molecule has 1 aliphatic carbocycles. The largest absolute Gasteiger partial charge is 0.357 e. The monoisotopic (exact) mass is 558 g/mol. The fourth-order valence-corrected chi connectivity index (χ4v) is 5.69. The second-order valence-electron chi connectivity index (χ2n) is 11.1. The van der Waals surface area contributed by atoms with Crippen LogP contribution < -0.4 is 15.5 Å². The van der Waals surface area contributed by atoms with Crippen molar-refractivity contribution in [3.8, 4) is 0 Å². The Labute approximate surface area is 238 Å². The van der Waals surface area contributed by atoms with Crippen molar-refractivity contribution in [3.63, 3.8) is 0 Å². The summed E-state index contributed by atoms with van der Waals surface area (Å²) >= 11 is 5.98. The van der Waals surface area contributed by atoms with E-state index in [0.717, 1.165) is 22.6 Å². The van der Waals surface area contributed by atoms with Gasteiger partial charge in [-0.05, 0) is 65.8 Å². The molecule has 1 heterocycles. The number of nitrogens with zero attached hydrogens (tertiary/aromatic N) is 2. The van der Waals surface area contributed by atoms with E-state index < -0.39 is 11.0 Å². The molecule has 8 nitrogen and oxygen atoms in total. The summed E-state index contributed by atoms with van der Waals surface area (Å²) in [5, 5.41) is 18.5. The average molecular weight is 559 g/mol. The number of hydrogen-bond acceptors (Lipinski definition) is 6. The summed E-state index contributed by atoms with van der Waals surface area (Å²) in [7, 11) is 0. The van der Waals surface area contributed by atoms with Gasteiger partial charge in [0.1, 0.15) is 0 Å². The predicted molar refractivity (Wildman–Crippen MR) is 156 cm³/mol. The van der Waals surface area contributed by atoms with Crippen molar-refractivity contribution in [2.45, 2.75) is 39.2 Å². The van der Waals surface area contributed by atoms with Crippen molar-refractivity contribution in [3.05, 3.63) is 110 Å². The lowest BCUT2D eigenvalue weighted by Crippen LogP contribution is -2.42. The molecule has 40 heavy (non-hydrogen) atoms. The van der Waals surface area contributed by atoms with Gasteiger partial charge >= 0.3 is 0 Å². The van der Waals surface area contributed by atoms with E-state index in [0.29, 0.717) is 42.0 Å². The van der Waals surface area contributed by atoms with Gasteiger partial charge in [0, 0.05) is 41.4 Å². The third-order valence-corrected chi connectivity index (χ3v) is 7.64. The van der Waals surface area contributed by atoms with E-state index in [1.165, 1.54) is 12.1 Å². The van der Waals surface area contributed by atoms with Gasteiger partial charge in [0.2, 0.25) is 5.91 Å². The summed E-state index contributed by atoms with van der Waals surface area (Å²) in [4.78, 5) is 39.9. The number of nitrogens with one attached hydrogen (secondary N) is 2. The highest BCUT2D eigenvalue weighted by Crippen LogP contribution is 2.48. The van der Waals surface area contributed by atoms with Gasteiger partial charge in [-0.3, -0.25) is 19.7 Å². The van der Waals surface area contributed by atoms with Gasteiger partial charge in [-0.2, -0.15) is 0 Å². The van der Waals surface area contributed by atoms with Crippen LogP contribution in [0.25, 0.3) is 0 Å². The van der Waals surface area contributed by atoms with Crippen LogP contribution in [-0.2, 0) is 16.0 Å². The molecule has 1 amide bonds. The van der Waals surface area contributed by atoms with E-state index in [1.54, 1.807) is 12.1 Å². The van der Waals surface area contributed by atoms with Gasteiger partial charge in [0.05, 0.1) is 28.9 Å². The molecule has 1 atom stereocenters. The molecule has 3 aromatic carbocycles. The molecule has 0 bridgehead atoms. The molecule has 0 saturated heterocycles. The third kappa shape index (κ3) is 5.87. The zero-order chi connectivity index (χ0) is 28.4. The number of carbonyl (C=O) groups excluding carboxylic acids is 2. The minimum absolute atomic E-state index is 0.00283. The smallest absolute Gasteiger partial charge is 0.269 e. The SMILES string of the molecule is CC1(C)CC(=O)C2=C(C1)Nc1ccccc1N(CC(=O)NCCc1ccc(Cl)cc1)C2c1ccc([N+](=O)[O-])cc1. The number of nitro groups is 1. The fourth-order valence-electron chi connectivity index (χ4n) is 5.56. The first-order valence-corrected chi connectivity index (χ1v) is 13.6. The summed E-state index contributed by atoms with van der Waals surface area (Å²) in [6.45, 7) is 4.58. The van der Waals surface area contributed by atoms with E-state index in [2.05, 4.69) is 24.5 Å². The van der Waals surface area contributed by atoms with Gasteiger partial charge in [0.15, 0.2) is 5.78 Å². The highest BCUT2D eigenvalue weighted by Gasteiger charge is 2.42. The number of benzene rings is 3. The number of non-ortho nitro benzene ring substituents is 1.